The predicted octanol–water partition coefficient (Wildman–Crippen LogP) is 3.83. The number of aliphatic hydroxyl groups excluding tert-OH is 1. The van der Waals surface area contributed by atoms with Crippen LogP contribution < -0.4 is 5.32 Å². The van der Waals surface area contributed by atoms with Crippen LogP contribution in [0.3, 0.4) is 0 Å². The van der Waals surface area contributed by atoms with E-state index in [2.05, 4.69) is 21.2 Å². The summed E-state index contributed by atoms with van der Waals surface area (Å²) in [7, 11) is 0. The van der Waals surface area contributed by atoms with E-state index in [0.29, 0.717) is 13.0 Å². The minimum Gasteiger partial charge on any atom is -0.445 e. The minimum absolute atomic E-state index is 0.00443. The lowest BCUT2D eigenvalue weighted by Gasteiger charge is -2.16. The number of carbonyl (C=O) groups excluding carboxylic acids is 1. The monoisotopic (exact) mass is 391 g/mol. The highest BCUT2D eigenvalue weighted by Gasteiger charge is 2.12. The summed E-state index contributed by atoms with van der Waals surface area (Å²) >= 11 is 3.51. The van der Waals surface area contributed by atoms with Crippen molar-refractivity contribution < 1.29 is 14.6 Å². The summed E-state index contributed by atoms with van der Waals surface area (Å²) in [5, 5.41) is 12.2. The average Bonchev–Trinajstić information content (AvgIpc) is 2.60. The first-order chi connectivity index (χ1) is 11.6. The first-order valence-electron chi connectivity index (χ1n) is 7.89. The van der Waals surface area contributed by atoms with Crippen molar-refractivity contribution in [3.8, 4) is 0 Å². The van der Waals surface area contributed by atoms with E-state index in [1.165, 1.54) is 5.56 Å². The second-order valence-electron chi connectivity index (χ2n) is 5.78. The Labute approximate surface area is 151 Å². The molecule has 2 aromatic carbocycles. The van der Waals surface area contributed by atoms with Gasteiger partial charge in [0.15, 0.2) is 0 Å². The number of rotatable bonds is 7. The van der Waals surface area contributed by atoms with Gasteiger partial charge in [-0.1, -0.05) is 58.4 Å². The van der Waals surface area contributed by atoms with E-state index in [4.69, 9.17) is 4.74 Å². The van der Waals surface area contributed by atoms with E-state index in [9.17, 15) is 9.90 Å². The summed E-state index contributed by atoms with van der Waals surface area (Å²) in [6, 6.07) is 15.6. The number of amides is 1. The van der Waals surface area contributed by atoms with Gasteiger partial charge in [0, 0.05) is 23.5 Å². The zero-order valence-electron chi connectivity index (χ0n) is 13.7. The van der Waals surface area contributed by atoms with Crippen molar-refractivity contribution in [1.29, 1.82) is 0 Å². The highest BCUT2D eigenvalue weighted by Crippen LogP contribution is 2.19. The van der Waals surface area contributed by atoms with Crippen LogP contribution in [0.25, 0.3) is 0 Å². The maximum absolute atomic E-state index is 11.8. The molecule has 2 N–H and O–H groups in total. The summed E-state index contributed by atoms with van der Waals surface area (Å²) in [6.07, 6.45) is 0.219. The number of hydrogen-bond donors (Lipinski definition) is 2. The van der Waals surface area contributed by atoms with E-state index in [0.717, 1.165) is 15.6 Å². The van der Waals surface area contributed by atoms with Gasteiger partial charge in [-0.25, -0.2) is 4.79 Å². The van der Waals surface area contributed by atoms with Gasteiger partial charge in [-0.05, 0) is 36.1 Å². The van der Waals surface area contributed by atoms with Crippen LogP contribution in [0.4, 0.5) is 4.79 Å². The van der Waals surface area contributed by atoms with Crippen molar-refractivity contribution >= 4 is 22.0 Å². The zero-order valence-corrected chi connectivity index (χ0v) is 15.3. The third kappa shape index (κ3) is 5.98. The van der Waals surface area contributed by atoms with Crippen LogP contribution >= 0.6 is 15.9 Å². The molecule has 1 amide bonds. The molecule has 1 unspecified atom stereocenters. The van der Waals surface area contributed by atoms with Gasteiger partial charge >= 0.3 is 6.09 Å². The second-order valence-corrected chi connectivity index (χ2v) is 6.63. The molecule has 0 spiro atoms. The number of nitrogens with one attached hydrogen (secondary N) is 1. The van der Waals surface area contributed by atoms with Crippen molar-refractivity contribution in [3.63, 3.8) is 0 Å². The van der Waals surface area contributed by atoms with Gasteiger partial charge < -0.3 is 15.2 Å². The number of aliphatic hydroxyl groups is 1. The normalized spacial score (nSPS) is 11.8. The molecule has 24 heavy (non-hydrogen) atoms. The molecular formula is C19H22BrNO3. The summed E-state index contributed by atoms with van der Waals surface area (Å²) in [6.45, 7) is 2.64. The van der Waals surface area contributed by atoms with Gasteiger partial charge in [-0.15, -0.1) is 0 Å². The SMILES string of the molecule is Cc1ccc(CC(CO)CNC(=O)OCc2ccccc2)cc1Br. The summed E-state index contributed by atoms with van der Waals surface area (Å²) < 4.78 is 6.22. The number of ether oxygens (including phenoxy) is 1. The fourth-order valence-corrected chi connectivity index (χ4v) is 2.73. The van der Waals surface area contributed by atoms with Crippen LogP contribution in [-0.4, -0.2) is 24.4 Å². The molecule has 0 bridgehead atoms. The fraction of sp³-hybridized carbons (Fsp3) is 0.316. The number of alkyl carbamates (subject to hydrolysis) is 1. The Morgan fingerprint density at radius 1 is 1.21 bits per heavy atom. The number of aryl methyl sites for hydroxylation is 1. The van der Waals surface area contributed by atoms with E-state index in [1.54, 1.807) is 0 Å². The molecule has 0 saturated heterocycles. The fourth-order valence-electron chi connectivity index (χ4n) is 2.30. The molecule has 0 aliphatic heterocycles. The highest BCUT2D eigenvalue weighted by molar-refractivity contribution is 9.10. The Morgan fingerprint density at radius 3 is 2.62 bits per heavy atom. The van der Waals surface area contributed by atoms with Crippen LogP contribution in [0.1, 0.15) is 16.7 Å². The Hall–Kier alpha value is -1.85. The Morgan fingerprint density at radius 2 is 1.96 bits per heavy atom. The molecule has 128 valence electrons. The lowest BCUT2D eigenvalue weighted by atomic mass is 9.99. The molecule has 5 heteroatoms. The van der Waals surface area contributed by atoms with Gasteiger partial charge in [0.1, 0.15) is 6.61 Å². The van der Waals surface area contributed by atoms with Crippen LogP contribution in [0, 0.1) is 12.8 Å². The molecule has 2 rings (SSSR count). The minimum atomic E-state index is -0.470. The van der Waals surface area contributed by atoms with Gasteiger partial charge in [0.05, 0.1) is 0 Å². The molecule has 0 aliphatic carbocycles. The lowest BCUT2D eigenvalue weighted by Crippen LogP contribution is -2.32. The molecule has 0 radical (unpaired) electrons. The molecule has 0 fully saturated rings. The molecule has 4 nitrogen and oxygen atoms in total. The van der Waals surface area contributed by atoms with E-state index < -0.39 is 6.09 Å². The summed E-state index contributed by atoms with van der Waals surface area (Å²) in [5.41, 5.74) is 3.23. The molecule has 0 aliphatic rings. The van der Waals surface area contributed by atoms with Gasteiger partial charge in [0.2, 0.25) is 0 Å². The maximum Gasteiger partial charge on any atom is 0.407 e. The van der Waals surface area contributed by atoms with Crippen molar-refractivity contribution in [2.75, 3.05) is 13.2 Å². The van der Waals surface area contributed by atoms with Crippen molar-refractivity contribution in [2.45, 2.75) is 20.0 Å². The van der Waals surface area contributed by atoms with Gasteiger partial charge in [-0.2, -0.15) is 0 Å². The van der Waals surface area contributed by atoms with E-state index >= 15 is 0 Å². The van der Waals surface area contributed by atoms with E-state index in [1.807, 2.05) is 55.5 Å². The summed E-state index contributed by atoms with van der Waals surface area (Å²) in [5.74, 6) is -0.0520. The molecule has 2 aromatic rings. The molecule has 0 heterocycles. The average molecular weight is 392 g/mol. The number of carbonyl (C=O) groups is 1. The maximum atomic E-state index is 11.8. The third-order valence-electron chi connectivity index (χ3n) is 3.77. The topological polar surface area (TPSA) is 58.6 Å². The van der Waals surface area contributed by atoms with Crippen LogP contribution in [0.2, 0.25) is 0 Å². The molecule has 0 saturated carbocycles. The highest BCUT2D eigenvalue weighted by atomic mass is 79.9. The van der Waals surface area contributed by atoms with Crippen LogP contribution in [-0.2, 0) is 17.8 Å². The smallest absolute Gasteiger partial charge is 0.407 e. The molecule has 1 atom stereocenters. The number of hydrogen-bond acceptors (Lipinski definition) is 3. The number of benzene rings is 2. The Kier molecular flexibility index (Phi) is 7.28. The van der Waals surface area contributed by atoms with E-state index in [-0.39, 0.29) is 19.1 Å². The Balaban J connectivity index is 1.77. The predicted molar refractivity (Wildman–Crippen MR) is 97.8 cm³/mol. The first kappa shape index (κ1) is 18.5. The van der Waals surface area contributed by atoms with Crippen molar-refractivity contribution in [1.82, 2.24) is 5.32 Å². The van der Waals surface area contributed by atoms with Crippen molar-refractivity contribution in [2.24, 2.45) is 5.92 Å². The number of halogens is 1. The lowest BCUT2D eigenvalue weighted by molar-refractivity contribution is 0.135. The largest absolute Gasteiger partial charge is 0.445 e. The Bertz CT molecular complexity index is 661. The zero-order chi connectivity index (χ0) is 17.4. The summed E-state index contributed by atoms with van der Waals surface area (Å²) in [4.78, 5) is 11.8. The first-order valence-corrected chi connectivity index (χ1v) is 8.68. The molecular weight excluding hydrogens is 370 g/mol. The van der Waals surface area contributed by atoms with Crippen LogP contribution in [0.5, 0.6) is 0 Å². The second kappa shape index (κ2) is 9.45. The quantitative estimate of drug-likeness (QED) is 0.753. The van der Waals surface area contributed by atoms with Crippen LogP contribution in [0.15, 0.2) is 53.0 Å². The van der Waals surface area contributed by atoms with Crippen molar-refractivity contribution in [3.05, 3.63) is 69.7 Å². The van der Waals surface area contributed by atoms with Gasteiger partial charge in [-0.3, -0.25) is 0 Å². The van der Waals surface area contributed by atoms with Gasteiger partial charge in [0.25, 0.3) is 0 Å². The molecule has 0 aromatic heterocycles. The third-order valence-corrected chi connectivity index (χ3v) is 4.62. The standard InChI is InChI=1S/C19H22BrNO3/c1-14-7-8-16(10-18(14)20)9-17(12-22)11-21-19(23)24-13-15-5-3-2-4-6-15/h2-8,10,17,22H,9,11-13H2,1H3,(H,21,23).